The van der Waals surface area contributed by atoms with Gasteiger partial charge in [0.2, 0.25) is 5.91 Å². The Labute approximate surface area is 155 Å². The molecule has 0 bridgehead atoms. The number of carbonyl (C=O) groups is 3. The smallest absolute Gasteiger partial charge is 0.325 e. The zero-order valence-corrected chi connectivity index (χ0v) is 14.8. The molecule has 1 aliphatic heterocycles. The monoisotopic (exact) mass is 371 g/mol. The molecule has 3 rings (SSSR count). The third-order valence-corrected chi connectivity index (χ3v) is 4.37. The first-order chi connectivity index (χ1) is 12.8. The minimum absolute atomic E-state index is 0.431. The van der Waals surface area contributed by atoms with Crippen molar-refractivity contribution in [3.05, 3.63) is 59.9 Å². The fourth-order valence-electron chi connectivity index (χ4n) is 2.84. The molecule has 0 saturated carbocycles. The van der Waals surface area contributed by atoms with Crippen molar-refractivity contribution in [3.8, 4) is 5.75 Å². The van der Waals surface area contributed by atoms with Crippen LogP contribution in [-0.4, -0.2) is 36.4 Å². The van der Waals surface area contributed by atoms with Gasteiger partial charge in [-0.3, -0.25) is 14.5 Å². The number of urea groups is 1. The van der Waals surface area contributed by atoms with Crippen LogP contribution in [0.25, 0.3) is 0 Å². The molecule has 1 heterocycles. The van der Waals surface area contributed by atoms with E-state index >= 15 is 0 Å². The van der Waals surface area contributed by atoms with Gasteiger partial charge in [0.15, 0.2) is 0 Å². The van der Waals surface area contributed by atoms with Crippen molar-refractivity contribution in [3.63, 3.8) is 0 Å². The summed E-state index contributed by atoms with van der Waals surface area (Å²) in [5, 5.41) is 5.19. The molecule has 0 aromatic heterocycles. The highest BCUT2D eigenvalue weighted by atomic mass is 19.1. The summed E-state index contributed by atoms with van der Waals surface area (Å²) < 4.78 is 18.2. The number of methoxy groups -OCH3 is 1. The molecule has 0 unspecified atom stereocenters. The van der Waals surface area contributed by atoms with Crippen molar-refractivity contribution in [2.75, 3.05) is 19.0 Å². The van der Waals surface area contributed by atoms with E-state index in [4.69, 9.17) is 4.74 Å². The molecule has 27 heavy (non-hydrogen) atoms. The maximum Gasteiger partial charge on any atom is 0.325 e. The third kappa shape index (κ3) is 3.59. The number of hydrogen-bond acceptors (Lipinski definition) is 4. The molecular formula is C19H18FN3O4. The summed E-state index contributed by atoms with van der Waals surface area (Å²) >= 11 is 0. The molecule has 0 radical (unpaired) electrons. The van der Waals surface area contributed by atoms with Crippen LogP contribution in [0.5, 0.6) is 5.75 Å². The lowest BCUT2D eigenvalue weighted by atomic mass is 9.92. The number of halogens is 1. The largest absolute Gasteiger partial charge is 0.497 e. The van der Waals surface area contributed by atoms with Gasteiger partial charge in [-0.1, -0.05) is 12.1 Å². The summed E-state index contributed by atoms with van der Waals surface area (Å²) in [5.74, 6) is -0.914. The van der Waals surface area contributed by atoms with E-state index in [-0.39, 0.29) is 0 Å². The van der Waals surface area contributed by atoms with Crippen LogP contribution < -0.4 is 15.4 Å². The van der Waals surface area contributed by atoms with Gasteiger partial charge in [0, 0.05) is 5.69 Å². The minimum Gasteiger partial charge on any atom is -0.497 e. The Morgan fingerprint density at radius 1 is 1.15 bits per heavy atom. The van der Waals surface area contributed by atoms with Crippen LogP contribution in [-0.2, 0) is 15.1 Å². The Balaban J connectivity index is 1.71. The van der Waals surface area contributed by atoms with Gasteiger partial charge >= 0.3 is 6.03 Å². The summed E-state index contributed by atoms with van der Waals surface area (Å²) in [4.78, 5) is 38.1. The van der Waals surface area contributed by atoms with Crippen LogP contribution in [0.15, 0.2) is 48.5 Å². The van der Waals surface area contributed by atoms with E-state index in [0.29, 0.717) is 17.0 Å². The number of ether oxygens (including phenoxy) is 1. The van der Waals surface area contributed by atoms with Crippen LogP contribution in [0, 0.1) is 5.82 Å². The average Bonchev–Trinajstić information content (AvgIpc) is 2.87. The molecule has 1 fully saturated rings. The van der Waals surface area contributed by atoms with E-state index < -0.39 is 35.7 Å². The minimum atomic E-state index is -1.36. The third-order valence-electron chi connectivity index (χ3n) is 4.37. The molecule has 1 atom stereocenters. The Hall–Kier alpha value is -3.42. The van der Waals surface area contributed by atoms with Gasteiger partial charge < -0.3 is 15.4 Å². The fraction of sp³-hybridized carbons (Fsp3) is 0.211. The predicted molar refractivity (Wildman–Crippen MR) is 95.6 cm³/mol. The van der Waals surface area contributed by atoms with Crippen LogP contribution >= 0.6 is 0 Å². The molecule has 140 valence electrons. The summed E-state index contributed by atoms with van der Waals surface area (Å²) in [6.07, 6.45) is 0. The van der Waals surface area contributed by atoms with Crippen molar-refractivity contribution in [2.45, 2.75) is 12.5 Å². The Morgan fingerprint density at radius 3 is 2.37 bits per heavy atom. The molecule has 7 nitrogen and oxygen atoms in total. The second-order valence-electron chi connectivity index (χ2n) is 6.23. The second-order valence-corrected chi connectivity index (χ2v) is 6.23. The van der Waals surface area contributed by atoms with Crippen LogP contribution in [0.3, 0.4) is 0 Å². The van der Waals surface area contributed by atoms with Crippen molar-refractivity contribution >= 4 is 23.5 Å². The maximum absolute atomic E-state index is 13.1. The lowest BCUT2D eigenvalue weighted by Gasteiger charge is -2.22. The maximum atomic E-state index is 13.1. The van der Waals surface area contributed by atoms with Gasteiger partial charge in [-0.25, -0.2) is 9.18 Å². The molecular weight excluding hydrogens is 353 g/mol. The molecule has 0 spiro atoms. The highest BCUT2D eigenvalue weighted by Gasteiger charge is 2.49. The number of hydrogen-bond donors (Lipinski definition) is 2. The quantitative estimate of drug-likeness (QED) is 0.789. The Bertz CT molecular complexity index is 883. The molecule has 8 heteroatoms. The van der Waals surface area contributed by atoms with Gasteiger partial charge in [0.1, 0.15) is 23.7 Å². The zero-order chi connectivity index (χ0) is 19.6. The van der Waals surface area contributed by atoms with E-state index in [1.54, 1.807) is 24.3 Å². The molecule has 2 aromatic rings. The van der Waals surface area contributed by atoms with Crippen molar-refractivity contribution in [2.24, 2.45) is 0 Å². The van der Waals surface area contributed by atoms with E-state index in [9.17, 15) is 18.8 Å². The van der Waals surface area contributed by atoms with Gasteiger partial charge in [0.25, 0.3) is 5.91 Å². The topological polar surface area (TPSA) is 87.7 Å². The van der Waals surface area contributed by atoms with E-state index in [2.05, 4.69) is 10.6 Å². The van der Waals surface area contributed by atoms with E-state index in [0.717, 1.165) is 4.90 Å². The highest BCUT2D eigenvalue weighted by Crippen LogP contribution is 2.28. The molecule has 1 aliphatic rings. The number of anilines is 1. The Kier molecular flexibility index (Phi) is 4.81. The number of nitrogens with zero attached hydrogens (tertiary/aromatic N) is 1. The molecule has 2 N–H and O–H groups in total. The van der Waals surface area contributed by atoms with Crippen molar-refractivity contribution in [1.82, 2.24) is 10.2 Å². The molecule has 4 amide bonds. The first-order valence-electron chi connectivity index (χ1n) is 8.17. The van der Waals surface area contributed by atoms with Crippen LogP contribution in [0.4, 0.5) is 14.9 Å². The number of nitrogens with one attached hydrogen (secondary N) is 2. The van der Waals surface area contributed by atoms with Gasteiger partial charge in [-0.15, -0.1) is 0 Å². The van der Waals surface area contributed by atoms with Crippen LogP contribution in [0.1, 0.15) is 12.5 Å². The van der Waals surface area contributed by atoms with E-state index in [1.807, 2.05) is 0 Å². The van der Waals surface area contributed by atoms with Gasteiger partial charge in [-0.2, -0.15) is 0 Å². The Morgan fingerprint density at radius 2 is 1.78 bits per heavy atom. The zero-order valence-electron chi connectivity index (χ0n) is 14.8. The lowest BCUT2D eigenvalue weighted by molar-refractivity contribution is -0.133. The normalized spacial score (nSPS) is 19.0. The summed E-state index contributed by atoms with van der Waals surface area (Å²) in [6.45, 7) is 1.08. The summed E-state index contributed by atoms with van der Waals surface area (Å²) in [6, 6.07) is 11.2. The number of rotatable bonds is 5. The first-order valence-corrected chi connectivity index (χ1v) is 8.17. The summed E-state index contributed by atoms with van der Waals surface area (Å²) in [5.41, 5.74) is -0.417. The molecule has 0 aliphatic carbocycles. The predicted octanol–water partition coefficient (Wildman–Crippen LogP) is 2.24. The lowest BCUT2D eigenvalue weighted by Crippen LogP contribution is -2.42. The first kappa shape index (κ1) is 18.4. The summed E-state index contributed by atoms with van der Waals surface area (Å²) in [7, 11) is 1.53. The average molecular weight is 371 g/mol. The number of carbonyl (C=O) groups excluding carboxylic acids is 3. The molecule has 1 saturated heterocycles. The van der Waals surface area contributed by atoms with Gasteiger partial charge in [-0.05, 0) is 48.9 Å². The molecule has 2 aromatic carbocycles. The van der Waals surface area contributed by atoms with Crippen molar-refractivity contribution in [1.29, 1.82) is 0 Å². The van der Waals surface area contributed by atoms with Crippen LogP contribution in [0.2, 0.25) is 0 Å². The van der Waals surface area contributed by atoms with Crippen molar-refractivity contribution < 1.29 is 23.5 Å². The number of imide groups is 1. The van der Waals surface area contributed by atoms with E-state index in [1.165, 1.54) is 38.3 Å². The van der Waals surface area contributed by atoms with Gasteiger partial charge in [0.05, 0.1) is 7.11 Å². The number of amides is 4. The highest BCUT2D eigenvalue weighted by molar-refractivity contribution is 6.10. The fourth-order valence-corrected chi connectivity index (χ4v) is 2.84. The number of benzene rings is 2. The SMILES string of the molecule is COc1ccc(NC(=O)CN2C(=O)N[C@@](C)(c3ccc(F)cc3)C2=O)cc1. The second kappa shape index (κ2) is 7.06. The standard InChI is InChI=1S/C19H18FN3O4/c1-19(12-3-5-13(20)6-4-12)17(25)23(18(26)22-19)11-16(24)21-14-7-9-15(27-2)10-8-14/h3-10H,11H2,1-2H3,(H,21,24)(H,22,26)/t19-/m0/s1.